The van der Waals surface area contributed by atoms with E-state index in [-0.39, 0.29) is 18.1 Å². The van der Waals surface area contributed by atoms with Crippen LogP contribution in [0.5, 0.6) is 0 Å². The van der Waals surface area contributed by atoms with Crippen molar-refractivity contribution in [3.05, 3.63) is 70.3 Å². The Morgan fingerprint density at radius 3 is 2.50 bits per heavy atom. The van der Waals surface area contributed by atoms with Gasteiger partial charge in [-0.15, -0.1) is 0 Å². The SMILES string of the molecule is CNC(=O)C(NOC)c1cccc(C)c1CO/N=C(\C)c1cc(F)cc(F)c1. The summed E-state index contributed by atoms with van der Waals surface area (Å²) in [6, 6.07) is 7.90. The highest BCUT2D eigenvalue weighted by Gasteiger charge is 2.23. The van der Waals surface area contributed by atoms with Crippen molar-refractivity contribution in [3.63, 3.8) is 0 Å². The molecule has 0 aliphatic rings. The van der Waals surface area contributed by atoms with Crippen LogP contribution >= 0.6 is 0 Å². The van der Waals surface area contributed by atoms with Crippen molar-refractivity contribution in [2.24, 2.45) is 5.16 Å². The van der Waals surface area contributed by atoms with E-state index in [0.717, 1.165) is 17.2 Å². The number of likely N-dealkylation sites (N-methyl/N-ethyl adjacent to an activating group) is 1. The summed E-state index contributed by atoms with van der Waals surface area (Å²) in [5.41, 5.74) is 5.60. The first-order chi connectivity index (χ1) is 13.4. The summed E-state index contributed by atoms with van der Waals surface area (Å²) in [6.45, 7) is 3.54. The smallest absolute Gasteiger partial charge is 0.243 e. The van der Waals surface area contributed by atoms with E-state index < -0.39 is 17.7 Å². The van der Waals surface area contributed by atoms with Crippen LogP contribution < -0.4 is 10.8 Å². The van der Waals surface area contributed by atoms with Crippen LogP contribution in [0, 0.1) is 18.6 Å². The molecule has 8 heteroatoms. The molecule has 1 unspecified atom stereocenters. The Hall–Kier alpha value is -2.84. The molecule has 28 heavy (non-hydrogen) atoms. The molecule has 2 aromatic rings. The number of hydrogen-bond donors (Lipinski definition) is 2. The fourth-order valence-corrected chi connectivity index (χ4v) is 2.72. The van der Waals surface area contributed by atoms with Crippen LogP contribution in [-0.4, -0.2) is 25.8 Å². The number of carbonyl (C=O) groups excluding carboxylic acids is 1. The van der Waals surface area contributed by atoms with Crippen LogP contribution in [0.1, 0.15) is 35.2 Å². The zero-order valence-electron chi connectivity index (χ0n) is 16.2. The lowest BCUT2D eigenvalue weighted by atomic mass is 9.96. The number of amides is 1. The molecule has 0 saturated carbocycles. The average molecular weight is 391 g/mol. The van der Waals surface area contributed by atoms with E-state index in [4.69, 9.17) is 9.68 Å². The zero-order valence-corrected chi connectivity index (χ0v) is 16.2. The van der Waals surface area contributed by atoms with E-state index in [0.29, 0.717) is 11.3 Å². The second-order valence-corrected chi connectivity index (χ2v) is 6.12. The number of hydrogen-bond acceptors (Lipinski definition) is 5. The molecular weight excluding hydrogens is 368 g/mol. The number of rotatable bonds is 8. The molecule has 0 heterocycles. The number of aryl methyl sites for hydroxylation is 1. The molecule has 0 aliphatic heterocycles. The molecule has 6 nitrogen and oxygen atoms in total. The molecule has 0 saturated heterocycles. The number of carbonyl (C=O) groups is 1. The molecule has 0 spiro atoms. The van der Waals surface area contributed by atoms with Gasteiger partial charge < -0.3 is 15.0 Å². The molecule has 0 aromatic heterocycles. The van der Waals surface area contributed by atoms with E-state index in [1.807, 2.05) is 19.1 Å². The molecule has 0 radical (unpaired) electrons. The summed E-state index contributed by atoms with van der Waals surface area (Å²) in [7, 11) is 2.96. The average Bonchev–Trinajstić information content (AvgIpc) is 2.66. The maximum absolute atomic E-state index is 13.4. The maximum atomic E-state index is 13.4. The normalized spacial score (nSPS) is 12.6. The fourth-order valence-electron chi connectivity index (χ4n) is 2.72. The molecule has 1 atom stereocenters. The summed E-state index contributed by atoms with van der Waals surface area (Å²) in [5, 5.41) is 6.54. The Morgan fingerprint density at radius 2 is 1.89 bits per heavy atom. The van der Waals surface area contributed by atoms with Gasteiger partial charge in [0, 0.05) is 24.2 Å². The van der Waals surface area contributed by atoms with Gasteiger partial charge in [0.15, 0.2) is 0 Å². The van der Waals surface area contributed by atoms with Gasteiger partial charge in [0.1, 0.15) is 24.3 Å². The molecule has 0 bridgehead atoms. The lowest BCUT2D eigenvalue weighted by Crippen LogP contribution is -2.36. The lowest BCUT2D eigenvalue weighted by Gasteiger charge is -2.20. The van der Waals surface area contributed by atoms with Crippen molar-refractivity contribution in [1.82, 2.24) is 10.8 Å². The minimum Gasteiger partial charge on any atom is -0.391 e. The van der Waals surface area contributed by atoms with Crippen LogP contribution in [-0.2, 0) is 21.1 Å². The number of oxime groups is 1. The highest BCUT2D eigenvalue weighted by atomic mass is 19.1. The second kappa shape index (κ2) is 9.91. The molecule has 0 fully saturated rings. The monoisotopic (exact) mass is 391 g/mol. The summed E-state index contributed by atoms with van der Waals surface area (Å²) in [4.78, 5) is 22.6. The fraction of sp³-hybridized carbons (Fsp3) is 0.300. The zero-order chi connectivity index (χ0) is 20.7. The number of benzene rings is 2. The van der Waals surface area contributed by atoms with Crippen LogP contribution in [0.2, 0.25) is 0 Å². The van der Waals surface area contributed by atoms with E-state index in [1.165, 1.54) is 26.3 Å². The Balaban J connectivity index is 2.25. The third kappa shape index (κ3) is 5.34. The summed E-state index contributed by atoms with van der Waals surface area (Å²) < 4.78 is 26.7. The van der Waals surface area contributed by atoms with E-state index >= 15 is 0 Å². The van der Waals surface area contributed by atoms with E-state index in [9.17, 15) is 13.6 Å². The second-order valence-electron chi connectivity index (χ2n) is 6.12. The van der Waals surface area contributed by atoms with Crippen molar-refractivity contribution >= 4 is 11.6 Å². The minimum absolute atomic E-state index is 0.0655. The van der Waals surface area contributed by atoms with Gasteiger partial charge in [-0.1, -0.05) is 23.4 Å². The van der Waals surface area contributed by atoms with Gasteiger partial charge in [-0.2, -0.15) is 5.48 Å². The molecule has 150 valence electrons. The van der Waals surface area contributed by atoms with Crippen LogP contribution in [0.4, 0.5) is 8.78 Å². The first kappa shape index (κ1) is 21.5. The Labute approximate surface area is 162 Å². The van der Waals surface area contributed by atoms with Gasteiger partial charge in [0.25, 0.3) is 0 Å². The molecular formula is C20H23F2N3O3. The minimum atomic E-state index is -0.740. The number of nitrogens with one attached hydrogen (secondary N) is 2. The first-order valence-electron chi connectivity index (χ1n) is 8.58. The summed E-state index contributed by atoms with van der Waals surface area (Å²) in [5.74, 6) is -1.65. The number of halogens is 2. The highest BCUT2D eigenvalue weighted by molar-refractivity contribution is 5.98. The Morgan fingerprint density at radius 1 is 1.21 bits per heavy atom. The molecule has 2 N–H and O–H groups in total. The van der Waals surface area contributed by atoms with Gasteiger partial charge >= 0.3 is 0 Å². The first-order valence-corrected chi connectivity index (χ1v) is 8.58. The predicted molar refractivity (Wildman–Crippen MR) is 101 cm³/mol. The topological polar surface area (TPSA) is 72.0 Å². The van der Waals surface area contributed by atoms with Crippen LogP contribution in [0.15, 0.2) is 41.6 Å². The lowest BCUT2D eigenvalue weighted by molar-refractivity contribution is -0.126. The van der Waals surface area contributed by atoms with Crippen molar-refractivity contribution in [1.29, 1.82) is 0 Å². The molecule has 2 rings (SSSR count). The number of hydroxylamine groups is 1. The third-order valence-corrected chi connectivity index (χ3v) is 4.19. The van der Waals surface area contributed by atoms with E-state index in [1.54, 1.807) is 13.0 Å². The number of nitrogens with zero attached hydrogens (tertiary/aromatic N) is 1. The van der Waals surface area contributed by atoms with Crippen molar-refractivity contribution in [2.75, 3.05) is 14.2 Å². The molecule has 1 amide bonds. The van der Waals surface area contributed by atoms with Crippen molar-refractivity contribution < 1.29 is 23.3 Å². The van der Waals surface area contributed by atoms with Gasteiger partial charge in [-0.05, 0) is 37.1 Å². The Bertz CT molecular complexity index is 852. The standard InChI is InChI=1S/C20H23F2N3O3/c1-12-6-5-7-17(19(25-27-4)20(26)23-3)18(12)11-28-24-13(2)14-8-15(21)10-16(22)9-14/h5-10,19,25H,11H2,1-4H3,(H,23,26)/b24-13+. The van der Waals surface area contributed by atoms with Crippen molar-refractivity contribution in [3.8, 4) is 0 Å². The largest absolute Gasteiger partial charge is 0.391 e. The van der Waals surface area contributed by atoms with Crippen LogP contribution in [0.3, 0.4) is 0 Å². The van der Waals surface area contributed by atoms with Crippen molar-refractivity contribution in [2.45, 2.75) is 26.5 Å². The Kier molecular flexibility index (Phi) is 7.60. The summed E-state index contributed by atoms with van der Waals surface area (Å²) >= 11 is 0. The van der Waals surface area contributed by atoms with Gasteiger partial charge in [0.2, 0.25) is 5.91 Å². The van der Waals surface area contributed by atoms with Gasteiger partial charge in [-0.3, -0.25) is 4.79 Å². The maximum Gasteiger partial charge on any atom is 0.243 e. The predicted octanol–water partition coefficient (Wildman–Crippen LogP) is 3.15. The van der Waals surface area contributed by atoms with Gasteiger partial charge in [0.05, 0.1) is 12.8 Å². The quantitative estimate of drug-likeness (QED) is 0.536. The van der Waals surface area contributed by atoms with Gasteiger partial charge in [-0.25, -0.2) is 8.78 Å². The van der Waals surface area contributed by atoms with Crippen LogP contribution in [0.25, 0.3) is 0 Å². The highest BCUT2D eigenvalue weighted by Crippen LogP contribution is 2.23. The molecule has 0 aliphatic carbocycles. The third-order valence-electron chi connectivity index (χ3n) is 4.19. The summed E-state index contributed by atoms with van der Waals surface area (Å²) in [6.07, 6.45) is 0. The van der Waals surface area contributed by atoms with E-state index in [2.05, 4.69) is 16.0 Å². The molecule has 2 aromatic carbocycles.